The number of nitrogens with zero attached hydrogens (tertiary/aromatic N) is 4. The Bertz CT molecular complexity index is 1420. The van der Waals surface area contributed by atoms with Gasteiger partial charge in [-0.2, -0.15) is 10.4 Å². The molecule has 1 aliphatic heterocycles. The SMILES string of the molecule is CN(C)S(=O)(=O)c1cccc(-c2nn(-c3ccccc3)cc2/C=C(/C#N)C(=O)NCC2CCCO2)c1. The first kappa shape index (κ1) is 25.3. The quantitative estimate of drug-likeness (QED) is 0.372. The van der Waals surface area contributed by atoms with E-state index in [-0.39, 0.29) is 16.6 Å². The summed E-state index contributed by atoms with van der Waals surface area (Å²) in [4.78, 5) is 12.9. The third-order valence-electron chi connectivity index (χ3n) is 5.83. The molecule has 0 saturated carbocycles. The minimum absolute atomic E-state index is 0.0494. The third-order valence-corrected chi connectivity index (χ3v) is 7.64. The van der Waals surface area contributed by atoms with Crippen LogP contribution in [0.4, 0.5) is 0 Å². The number of rotatable bonds is 8. The van der Waals surface area contributed by atoms with E-state index >= 15 is 0 Å². The first-order chi connectivity index (χ1) is 17.3. The Hall–Kier alpha value is -3.78. The number of hydrogen-bond donors (Lipinski definition) is 1. The van der Waals surface area contributed by atoms with Crippen molar-refractivity contribution < 1.29 is 17.9 Å². The number of nitriles is 1. The lowest BCUT2D eigenvalue weighted by molar-refractivity contribution is -0.117. The van der Waals surface area contributed by atoms with Crippen LogP contribution in [-0.2, 0) is 19.6 Å². The number of amides is 1. The van der Waals surface area contributed by atoms with Gasteiger partial charge in [-0.05, 0) is 43.2 Å². The van der Waals surface area contributed by atoms with Crippen molar-refractivity contribution in [3.05, 3.63) is 71.9 Å². The number of nitrogens with one attached hydrogen (secondary N) is 1. The average molecular weight is 506 g/mol. The Morgan fingerprint density at radius 3 is 2.69 bits per heavy atom. The Labute approximate surface area is 210 Å². The highest BCUT2D eigenvalue weighted by Crippen LogP contribution is 2.28. The molecule has 1 N–H and O–H groups in total. The van der Waals surface area contributed by atoms with Crippen LogP contribution >= 0.6 is 0 Å². The van der Waals surface area contributed by atoms with E-state index in [2.05, 4.69) is 10.4 Å². The maximum absolute atomic E-state index is 12.8. The Morgan fingerprint density at radius 1 is 1.25 bits per heavy atom. The van der Waals surface area contributed by atoms with Crippen LogP contribution in [-0.4, -0.2) is 61.8 Å². The number of aromatic nitrogens is 2. The molecule has 9 nitrogen and oxygen atoms in total. The molecule has 186 valence electrons. The van der Waals surface area contributed by atoms with Crippen molar-refractivity contribution in [1.82, 2.24) is 19.4 Å². The van der Waals surface area contributed by atoms with Crippen molar-refractivity contribution in [2.24, 2.45) is 0 Å². The van der Waals surface area contributed by atoms with Gasteiger partial charge in [-0.25, -0.2) is 17.4 Å². The molecule has 2 heterocycles. The molecule has 1 aromatic heterocycles. The highest BCUT2D eigenvalue weighted by atomic mass is 32.2. The van der Waals surface area contributed by atoms with Crippen LogP contribution in [0.25, 0.3) is 23.0 Å². The van der Waals surface area contributed by atoms with E-state index in [1.165, 1.54) is 32.3 Å². The van der Waals surface area contributed by atoms with Gasteiger partial charge in [0.15, 0.2) is 0 Å². The van der Waals surface area contributed by atoms with Crippen molar-refractivity contribution in [3.8, 4) is 23.0 Å². The lowest BCUT2D eigenvalue weighted by atomic mass is 10.1. The van der Waals surface area contributed by atoms with E-state index in [1.807, 2.05) is 36.4 Å². The fourth-order valence-corrected chi connectivity index (χ4v) is 4.80. The highest BCUT2D eigenvalue weighted by Gasteiger charge is 2.21. The monoisotopic (exact) mass is 505 g/mol. The molecule has 3 aromatic rings. The molecule has 1 amide bonds. The molecule has 4 rings (SSSR count). The predicted octanol–water partition coefficient (Wildman–Crippen LogP) is 2.99. The molecule has 36 heavy (non-hydrogen) atoms. The third kappa shape index (κ3) is 5.54. The second kappa shape index (κ2) is 10.9. The predicted molar refractivity (Wildman–Crippen MR) is 135 cm³/mol. The molecule has 10 heteroatoms. The Kier molecular flexibility index (Phi) is 7.64. The molecule has 0 radical (unpaired) electrons. The summed E-state index contributed by atoms with van der Waals surface area (Å²) in [5.41, 5.74) is 2.17. The molecule has 0 bridgehead atoms. The minimum atomic E-state index is -3.67. The number of ether oxygens (including phenoxy) is 1. The topological polar surface area (TPSA) is 117 Å². The second-order valence-corrected chi connectivity index (χ2v) is 10.7. The van der Waals surface area contributed by atoms with Gasteiger partial charge in [0.2, 0.25) is 10.0 Å². The summed E-state index contributed by atoms with van der Waals surface area (Å²) in [6.07, 6.45) is 4.95. The lowest BCUT2D eigenvalue weighted by Gasteiger charge is -2.12. The molecule has 1 atom stereocenters. The van der Waals surface area contributed by atoms with Crippen molar-refractivity contribution in [3.63, 3.8) is 0 Å². The van der Waals surface area contributed by atoms with Crippen molar-refractivity contribution in [2.45, 2.75) is 23.8 Å². The molecule has 1 unspecified atom stereocenters. The second-order valence-electron chi connectivity index (χ2n) is 8.54. The number of carbonyl (C=O) groups is 1. The molecule has 2 aromatic carbocycles. The van der Waals surface area contributed by atoms with E-state index < -0.39 is 15.9 Å². The molecular formula is C26H27N5O4S. The number of carbonyl (C=O) groups excluding carboxylic acids is 1. The zero-order valence-electron chi connectivity index (χ0n) is 20.1. The molecule has 1 saturated heterocycles. The summed E-state index contributed by atoms with van der Waals surface area (Å²) < 4.78 is 33.7. The van der Waals surface area contributed by atoms with Gasteiger partial charge in [-0.3, -0.25) is 4.79 Å². The molecule has 0 aliphatic carbocycles. The average Bonchev–Trinajstić information content (AvgIpc) is 3.56. The number of sulfonamides is 1. The van der Waals surface area contributed by atoms with E-state index in [0.29, 0.717) is 30.0 Å². The minimum Gasteiger partial charge on any atom is -0.376 e. The van der Waals surface area contributed by atoms with Gasteiger partial charge in [0, 0.05) is 44.6 Å². The fourth-order valence-electron chi connectivity index (χ4n) is 3.86. The van der Waals surface area contributed by atoms with Crippen LogP contribution in [0, 0.1) is 11.3 Å². The Balaban J connectivity index is 1.75. The van der Waals surface area contributed by atoms with Gasteiger partial charge < -0.3 is 10.1 Å². The number of para-hydroxylation sites is 1. The zero-order valence-corrected chi connectivity index (χ0v) is 20.9. The van der Waals surface area contributed by atoms with E-state index in [9.17, 15) is 18.5 Å². The summed E-state index contributed by atoms with van der Waals surface area (Å²) in [5, 5.41) is 17.2. The lowest BCUT2D eigenvalue weighted by Crippen LogP contribution is -2.32. The van der Waals surface area contributed by atoms with Crippen LogP contribution in [0.3, 0.4) is 0 Å². The highest BCUT2D eigenvalue weighted by molar-refractivity contribution is 7.89. The molecular weight excluding hydrogens is 478 g/mol. The maximum Gasteiger partial charge on any atom is 0.262 e. The summed E-state index contributed by atoms with van der Waals surface area (Å²) in [7, 11) is -0.733. The van der Waals surface area contributed by atoms with Crippen LogP contribution in [0.5, 0.6) is 0 Å². The van der Waals surface area contributed by atoms with Crippen LogP contribution in [0.1, 0.15) is 18.4 Å². The summed E-state index contributed by atoms with van der Waals surface area (Å²) in [5.74, 6) is -0.504. The van der Waals surface area contributed by atoms with Crippen molar-refractivity contribution in [1.29, 1.82) is 5.26 Å². The number of hydrogen-bond acceptors (Lipinski definition) is 6. The smallest absolute Gasteiger partial charge is 0.262 e. The first-order valence-corrected chi connectivity index (χ1v) is 12.9. The van der Waals surface area contributed by atoms with Crippen molar-refractivity contribution in [2.75, 3.05) is 27.2 Å². The van der Waals surface area contributed by atoms with E-state index in [1.54, 1.807) is 23.0 Å². The molecule has 0 spiro atoms. The van der Waals surface area contributed by atoms with Gasteiger partial charge >= 0.3 is 0 Å². The zero-order chi connectivity index (χ0) is 25.7. The first-order valence-electron chi connectivity index (χ1n) is 11.5. The van der Waals surface area contributed by atoms with Gasteiger partial charge in [0.25, 0.3) is 5.91 Å². The molecule has 1 aliphatic rings. The van der Waals surface area contributed by atoms with E-state index in [0.717, 1.165) is 22.8 Å². The fraction of sp³-hybridized carbons (Fsp3) is 0.269. The van der Waals surface area contributed by atoms with Crippen LogP contribution in [0.15, 0.2) is 71.3 Å². The van der Waals surface area contributed by atoms with Crippen LogP contribution < -0.4 is 5.32 Å². The maximum atomic E-state index is 12.8. The standard InChI is InChI=1S/C26H27N5O4S/c1-30(2)36(33,34)24-12-6-8-19(15-24)25-21(18-31(29-25)22-9-4-3-5-10-22)14-20(16-27)26(32)28-17-23-11-7-13-35-23/h3-6,8-10,12,14-15,18,23H,7,11,13,17H2,1-2H3,(H,28,32)/b20-14-. The number of benzene rings is 2. The van der Waals surface area contributed by atoms with Crippen molar-refractivity contribution >= 4 is 22.0 Å². The summed E-state index contributed by atoms with van der Waals surface area (Å²) >= 11 is 0. The van der Waals surface area contributed by atoms with Gasteiger partial charge in [-0.1, -0.05) is 30.3 Å². The summed E-state index contributed by atoms with van der Waals surface area (Å²) in [6.45, 7) is 1.00. The summed E-state index contributed by atoms with van der Waals surface area (Å²) in [6, 6.07) is 17.8. The van der Waals surface area contributed by atoms with Crippen LogP contribution in [0.2, 0.25) is 0 Å². The van der Waals surface area contributed by atoms with Gasteiger partial charge in [0.1, 0.15) is 17.3 Å². The van der Waals surface area contributed by atoms with E-state index in [4.69, 9.17) is 4.74 Å². The normalized spacial score (nSPS) is 16.2. The Morgan fingerprint density at radius 2 is 2.03 bits per heavy atom. The van der Waals surface area contributed by atoms with Gasteiger partial charge in [0.05, 0.1) is 16.7 Å². The van der Waals surface area contributed by atoms with Gasteiger partial charge in [-0.15, -0.1) is 0 Å². The molecule has 1 fully saturated rings. The largest absolute Gasteiger partial charge is 0.376 e.